The number of hydrogen-bond acceptors (Lipinski definition) is 7. The van der Waals surface area contributed by atoms with Gasteiger partial charge in [0.25, 0.3) is 5.91 Å². The van der Waals surface area contributed by atoms with Gasteiger partial charge in [-0.15, -0.1) is 0 Å². The van der Waals surface area contributed by atoms with E-state index < -0.39 is 29.6 Å². The maximum Gasteiger partial charge on any atom is 0.321 e. The molecule has 8 nitrogen and oxygen atoms in total. The van der Waals surface area contributed by atoms with Crippen molar-refractivity contribution < 1.29 is 19.1 Å². The van der Waals surface area contributed by atoms with Gasteiger partial charge in [-0.3, -0.25) is 14.9 Å². The van der Waals surface area contributed by atoms with E-state index in [1.807, 2.05) is 19.9 Å². The fraction of sp³-hybridized carbons (Fsp3) is 0.562. The number of carbonyl (C=O) groups excluding carboxylic acids is 3. The van der Waals surface area contributed by atoms with Gasteiger partial charge in [0.2, 0.25) is 0 Å². The van der Waals surface area contributed by atoms with Gasteiger partial charge in [0.05, 0.1) is 5.75 Å². The van der Waals surface area contributed by atoms with Crippen LogP contribution in [0.2, 0.25) is 0 Å². The number of nitrogens with one attached hydrogen (secondary N) is 2. The van der Waals surface area contributed by atoms with E-state index in [1.54, 1.807) is 20.8 Å². The molecule has 0 saturated heterocycles. The van der Waals surface area contributed by atoms with Gasteiger partial charge in [-0.1, -0.05) is 11.8 Å². The molecule has 0 unspecified atom stereocenters. The molecule has 25 heavy (non-hydrogen) atoms. The highest BCUT2D eigenvalue weighted by molar-refractivity contribution is 7.99. The number of esters is 1. The van der Waals surface area contributed by atoms with Crippen molar-refractivity contribution in [3.05, 3.63) is 17.5 Å². The monoisotopic (exact) mass is 368 g/mol. The molecule has 1 rings (SSSR count). The van der Waals surface area contributed by atoms with Crippen LogP contribution >= 0.6 is 11.8 Å². The maximum absolute atomic E-state index is 11.9. The Morgan fingerprint density at radius 1 is 1.20 bits per heavy atom. The molecule has 1 aromatic heterocycles. The van der Waals surface area contributed by atoms with Crippen LogP contribution in [0.15, 0.2) is 11.2 Å². The molecule has 1 heterocycles. The van der Waals surface area contributed by atoms with Gasteiger partial charge in [0.15, 0.2) is 11.3 Å². The van der Waals surface area contributed by atoms with Crippen molar-refractivity contribution in [2.75, 3.05) is 5.75 Å². The molecule has 9 heteroatoms. The molecule has 1 aromatic rings. The number of aromatic nitrogens is 2. The number of hydrogen-bond donors (Lipinski definition) is 2. The van der Waals surface area contributed by atoms with E-state index in [2.05, 4.69) is 20.6 Å². The molecule has 1 atom stereocenters. The number of urea groups is 1. The Hall–Kier alpha value is -2.16. The molecule has 0 radical (unpaired) electrons. The summed E-state index contributed by atoms with van der Waals surface area (Å²) in [5, 5.41) is 5.18. The summed E-state index contributed by atoms with van der Waals surface area (Å²) in [6.07, 6.45) is -1.08. The highest BCUT2D eigenvalue weighted by atomic mass is 32.2. The third kappa shape index (κ3) is 8.48. The van der Waals surface area contributed by atoms with E-state index in [4.69, 9.17) is 4.74 Å². The number of aryl methyl sites for hydroxylation is 2. The fourth-order valence-electron chi connectivity index (χ4n) is 1.75. The van der Waals surface area contributed by atoms with Crippen molar-refractivity contribution in [1.29, 1.82) is 0 Å². The lowest BCUT2D eigenvalue weighted by molar-refractivity contribution is -0.151. The average Bonchev–Trinajstić information content (AvgIpc) is 2.41. The molecule has 0 spiro atoms. The van der Waals surface area contributed by atoms with E-state index in [0.29, 0.717) is 5.16 Å². The Bertz CT molecular complexity index is 638. The van der Waals surface area contributed by atoms with E-state index in [1.165, 1.54) is 6.92 Å². The number of rotatable bonds is 5. The molecule has 0 aromatic carbocycles. The minimum absolute atomic E-state index is 0.0330. The second kappa shape index (κ2) is 8.80. The van der Waals surface area contributed by atoms with E-state index in [-0.39, 0.29) is 5.75 Å². The molecule has 0 bridgehead atoms. The first-order valence-electron chi connectivity index (χ1n) is 7.74. The van der Waals surface area contributed by atoms with Crippen molar-refractivity contribution in [2.45, 2.75) is 58.3 Å². The second-order valence-corrected chi connectivity index (χ2v) is 7.49. The molecule has 0 aliphatic carbocycles. The molecule has 2 N–H and O–H groups in total. The van der Waals surface area contributed by atoms with Gasteiger partial charge < -0.3 is 10.1 Å². The highest BCUT2D eigenvalue weighted by Crippen LogP contribution is 2.14. The summed E-state index contributed by atoms with van der Waals surface area (Å²) in [7, 11) is 0. The normalized spacial score (nSPS) is 12.2. The number of thioether (sulfide) groups is 1. The summed E-state index contributed by atoms with van der Waals surface area (Å²) < 4.78 is 5.02. The maximum atomic E-state index is 11.9. The number of nitrogens with zero attached hydrogens (tertiary/aromatic N) is 2. The zero-order valence-electron chi connectivity index (χ0n) is 15.3. The first kappa shape index (κ1) is 20.9. The van der Waals surface area contributed by atoms with Crippen LogP contribution in [0.1, 0.15) is 39.1 Å². The largest absolute Gasteiger partial charge is 0.452 e. The molecular formula is C16H24N4O4S. The molecule has 0 saturated carbocycles. The van der Waals surface area contributed by atoms with Crippen LogP contribution < -0.4 is 10.6 Å². The van der Waals surface area contributed by atoms with Crippen LogP contribution in [0.3, 0.4) is 0 Å². The van der Waals surface area contributed by atoms with Crippen LogP contribution in [0.4, 0.5) is 4.79 Å². The Morgan fingerprint density at radius 3 is 2.28 bits per heavy atom. The fourth-order valence-corrected chi connectivity index (χ4v) is 2.48. The van der Waals surface area contributed by atoms with Crippen LogP contribution in [-0.4, -0.2) is 45.3 Å². The lowest BCUT2D eigenvalue weighted by Crippen LogP contribution is -2.50. The SMILES string of the molecule is Cc1cc(C)nc(SCC(=O)O[C@H](C)C(=O)NC(=O)NC(C)(C)C)n1. The van der Waals surface area contributed by atoms with Crippen molar-refractivity contribution in [2.24, 2.45) is 0 Å². The topological polar surface area (TPSA) is 110 Å². The standard InChI is InChI=1S/C16H24N4O4S/c1-9-7-10(2)18-15(17-9)25-8-12(21)24-11(3)13(22)19-14(23)20-16(4,5)6/h7,11H,8H2,1-6H3,(H2,19,20,22,23)/t11-/m1/s1. The van der Waals surface area contributed by atoms with Crippen molar-refractivity contribution in [3.63, 3.8) is 0 Å². The Balaban J connectivity index is 2.45. The average molecular weight is 368 g/mol. The Morgan fingerprint density at radius 2 is 1.76 bits per heavy atom. The van der Waals surface area contributed by atoms with Gasteiger partial charge >= 0.3 is 12.0 Å². The molecule has 0 fully saturated rings. The zero-order chi connectivity index (χ0) is 19.2. The lowest BCUT2D eigenvalue weighted by Gasteiger charge is -2.21. The van der Waals surface area contributed by atoms with Gasteiger partial charge in [-0.05, 0) is 47.6 Å². The second-order valence-electron chi connectivity index (χ2n) is 6.55. The van der Waals surface area contributed by atoms with Crippen LogP contribution in [0.25, 0.3) is 0 Å². The molecule has 0 aliphatic rings. The molecule has 138 valence electrons. The summed E-state index contributed by atoms with van der Waals surface area (Å²) in [6.45, 7) is 10.4. The predicted molar refractivity (Wildman–Crippen MR) is 94.2 cm³/mol. The van der Waals surface area contributed by atoms with E-state index >= 15 is 0 Å². The first-order chi connectivity index (χ1) is 11.5. The third-order valence-electron chi connectivity index (χ3n) is 2.68. The number of carbonyl (C=O) groups is 3. The van der Waals surface area contributed by atoms with Gasteiger partial charge in [-0.25, -0.2) is 14.8 Å². The summed E-state index contributed by atoms with van der Waals surface area (Å²) in [4.78, 5) is 43.7. The highest BCUT2D eigenvalue weighted by Gasteiger charge is 2.22. The summed E-state index contributed by atoms with van der Waals surface area (Å²) in [5.74, 6) is -1.32. The number of ether oxygens (including phenoxy) is 1. The van der Waals surface area contributed by atoms with E-state index in [9.17, 15) is 14.4 Å². The van der Waals surface area contributed by atoms with Crippen LogP contribution in [0, 0.1) is 13.8 Å². The van der Waals surface area contributed by atoms with Crippen molar-refractivity contribution in [3.8, 4) is 0 Å². The quantitative estimate of drug-likeness (QED) is 0.463. The Labute approximate surface area is 151 Å². The number of imide groups is 1. The lowest BCUT2D eigenvalue weighted by atomic mass is 10.1. The Kier molecular flexibility index (Phi) is 7.35. The van der Waals surface area contributed by atoms with Gasteiger partial charge in [0, 0.05) is 16.9 Å². The van der Waals surface area contributed by atoms with Gasteiger partial charge in [-0.2, -0.15) is 0 Å². The third-order valence-corrected chi connectivity index (χ3v) is 3.50. The summed E-state index contributed by atoms with van der Waals surface area (Å²) >= 11 is 1.12. The van der Waals surface area contributed by atoms with Crippen molar-refractivity contribution >= 4 is 29.7 Å². The summed E-state index contributed by atoms with van der Waals surface area (Å²) in [6, 6.07) is 1.19. The predicted octanol–water partition coefficient (Wildman–Crippen LogP) is 1.74. The van der Waals surface area contributed by atoms with Gasteiger partial charge in [0.1, 0.15) is 0 Å². The van der Waals surface area contributed by atoms with Crippen molar-refractivity contribution in [1.82, 2.24) is 20.6 Å². The minimum Gasteiger partial charge on any atom is -0.452 e. The minimum atomic E-state index is -1.08. The van der Waals surface area contributed by atoms with Crippen LogP contribution in [0.5, 0.6) is 0 Å². The summed E-state index contributed by atoms with van der Waals surface area (Å²) in [5.41, 5.74) is 1.13. The smallest absolute Gasteiger partial charge is 0.321 e. The first-order valence-corrected chi connectivity index (χ1v) is 8.72. The molecular weight excluding hydrogens is 344 g/mol. The number of amides is 3. The molecule has 3 amide bonds. The zero-order valence-corrected chi connectivity index (χ0v) is 16.1. The molecule has 0 aliphatic heterocycles. The van der Waals surface area contributed by atoms with Crippen LogP contribution in [-0.2, 0) is 14.3 Å². The van der Waals surface area contributed by atoms with E-state index in [0.717, 1.165) is 23.1 Å².